The number of ketones is 1. The number of hydrogen-bond acceptors (Lipinski definition) is 4. The van der Waals surface area contributed by atoms with Crippen molar-refractivity contribution in [3.63, 3.8) is 0 Å². The molecular weight excluding hydrogens is 339 g/mol. The van der Waals surface area contributed by atoms with E-state index in [9.17, 15) is 23.2 Å². The molecule has 0 aliphatic rings. The second-order valence-electron chi connectivity index (χ2n) is 5.28. The molecule has 0 aliphatic heterocycles. The molecule has 0 atom stereocenters. The lowest BCUT2D eigenvalue weighted by atomic mass is 10.0. The number of thiazole rings is 1. The normalized spacial score (nSPS) is 12.3. The highest BCUT2D eigenvalue weighted by Crippen LogP contribution is 2.25. The lowest BCUT2D eigenvalue weighted by molar-refractivity contribution is -0.141. The standard InChI is InChI=1S/C16H14F3N3OS/c1-9-4-14(10(2)22(9)8-16(17,18)19)15(23)12(6-20)5-13-7-24-11(3)21-13/h4-5,7H,8H2,1-3H3/b12-5+. The molecule has 2 heterocycles. The van der Waals surface area contributed by atoms with Crippen LogP contribution in [0.4, 0.5) is 13.2 Å². The third kappa shape index (κ3) is 3.92. The highest BCUT2D eigenvalue weighted by Gasteiger charge is 2.30. The van der Waals surface area contributed by atoms with Gasteiger partial charge >= 0.3 is 6.18 Å². The molecule has 0 bridgehead atoms. The van der Waals surface area contributed by atoms with Gasteiger partial charge in [-0.05, 0) is 32.9 Å². The van der Waals surface area contributed by atoms with Gasteiger partial charge in [-0.25, -0.2) is 4.98 Å². The number of rotatable bonds is 4. The lowest BCUT2D eigenvalue weighted by Gasteiger charge is -2.12. The summed E-state index contributed by atoms with van der Waals surface area (Å²) in [5, 5.41) is 11.7. The number of nitriles is 1. The molecule has 0 radical (unpaired) electrons. The van der Waals surface area contributed by atoms with Crippen LogP contribution < -0.4 is 0 Å². The average Bonchev–Trinajstić information content (AvgIpc) is 3.01. The summed E-state index contributed by atoms with van der Waals surface area (Å²) in [7, 11) is 0. The smallest absolute Gasteiger partial charge is 0.339 e. The maximum atomic E-state index is 12.6. The first-order valence-electron chi connectivity index (χ1n) is 6.94. The fourth-order valence-corrected chi connectivity index (χ4v) is 2.91. The Morgan fingerprint density at radius 3 is 2.58 bits per heavy atom. The minimum atomic E-state index is -4.39. The Balaban J connectivity index is 2.40. The van der Waals surface area contributed by atoms with E-state index in [0.717, 1.165) is 9.57 Å². The zero-order chi connectivity index (χ0) is 18.1. The van der Waals surface area contributed by atoms with Gasteiger partial charge in [0.25, 0.3) is 0 Å². The van der Waals surface area contributed by atoms with Crippen LogP contribution in [0, 0.1) is 32.1 Å². The van der Waals surface area contributed by atoms with Crippen LogP contribution in [0.3, 0.4) is 0 Å². The van der Waals surface area contributed by atoms with Crippen LogP contribution in [0.15, 0.2) is 17.0 Å². The molecule has 2 aromatic rings. The Morgan fingerprint density at radius 1 is 1.42 bits per heavy atom. The average molecular weight is 353 g/mol. The number of halogens is 3. The van der Waals surface area contributed by atoms with E-state index in [0.29, 0.717) is 11.4 Å². The molecule has 0 amide bonds. The summed E-state index contributed by atoms with van der Waals surface area (Å²) >= 11 is 1.37. The van der Waals surface area contributed by atoms with Crippen molar-refractivity contribution in [3.05, 3.63) is 44.7 Å². The largest absolute Gasteiger partial charge is 0.406 e. The van der Waals surface area contributed by atoms with Gasteiger partial charge in [0.1, 0.15) is 18.2 Å². The first-order chi connectivity index (χ1) is 11.1. The van der Waals surface area contributed by atoms with Crippen LogP contribution in [0.2, 0.25) is 0 Å². The van der Waals surface area contributed by atoms with Crippen LogP contribution in [0.5, 0.6) is 0 Å². The summed E-state index contributed by atoms with van der Waals surface area (Å²) in [4.78, 5) is 16.7. The van der Waals surface area contributed by atoms with Crippen molar-refractivity contribution in [1.29, 1.82) is 5.26 Å². The molecule has 24 heavy (non-hydrogen) atoms. The van der Waals surface area contributed by atoms with Crippen molar-refractivity contribution in [1.82, 2.24) is 9.55 Å². The zero-order valence-corrected chi connectivity index (χ0v) is 14.0. The van der Waals surface area contributed by atoms with E-state index >= 15 is 0 Å². The van der Waals surface area contributed by atoms with E-state index in [1.807, 2.05) is 0 Å². The van der Waals surface area contributed by atoms with Crippen molar-refractivity contribution in [2.24, 2.45) is 0 Å². The molecule has 0 aliphatic carbocycles. The van der Waals surface area contributed by atoms with Gasteiger partial charge in [0.15, 0.2) is 0 Å². The van der Waals surface area contributed by atoms with Gasteiger partial charge in [-0.15, -0.1) is 11.3 Å². The van der Waals surface area contributed by atoms with E-state index in [2.05, 4.69) is 4.98 Å². The first-order valence-corrected chi connectivity index (χ1v) is 7.82. The van der Waals surface area contributed by atoms with Gasteiger partial charge in [0.05, 0.1) is 10.7 Å². The number of Topliss-reactive ketones (excluding diaryl/α,β-unsaturated/α-hetero) is 1. The molecule has 0 aromatic carbocycles. The van der Waals surface area contributed by atoms with E-state index in [1.54, 1.807) is 18.4 Å². The summed E-state index contributed by atoms with van der Waals surface area (Å²) in [5.74, 6) is -0.607. The number of allylic oxidation sites excluding steroid dienone is 1. The zero-order valence-electron chi connectivity index (χ0n) is 13.2. The molecule has 2 aromatic heterocycles. The summed E-state index contributed by atoms with van der Waals surface area (Å²) in [6, 6.07) is 3.18. The van der Waals surface area contributed by atoms with Crippen LogP contribution in [-0.2, 0) is 6.54 Å². The van der Waals surface area contributed by atoms with E-state index < -0.39 is 18.5 Å². The molecule has 0 spiro atoms. The Morgan fingerprint density at radius 2 is 2.08 bits per heavy atom. The van der Waals surface area contributed by atoms with Crippen LogP contribution in [-0.4, -0.2) is 21.5 Å². The molecule has 0 unspecified atom stereocenters. The summed E-state index contributed by atoms with van der Waals surface area (Å²) in [6.07, 6.45) is -3.04. The van der Waals surface area contributed by atoms with E-state index in [1.165, 1.54) is 37.3 Å². The van der Waals surface area contributed by atoms with Crippen molar-refractivity contribution in [3.8, 4) is 6.07 Å². The predicted molar refractivity (Wildman–Crippen MR) is 84.7 cm³/mol. The molecule has 0 N–H and O–H groups in total. The highest BCUT2D eigenvalue weighted by molar-refractivity contribution is 7.09. The molecule has 126 valence electrons. The second kappa shape index (κ2) is 6.61. The molecular formula is C16H14F3N3OS. The molecule has 2 rings (SSSR count). The number of carbonyl (C=O) groups excluding carboxylic acids is 1. The Hall–Kier alpha value is -2.40. The minimum Gasteiger partial charge on any atom is -0.339 e. The monoisotopic (exact) mass is 353 g/mol. The number of nitrogens with zero attached hydrogens (tertiary/aromatic N) is 3. The summed E-state index contributed by atoms with van der Waals surface area (Å²) < 4.78 is 39.0. The van der Waals surface area contributed by atoms with E-state index in [4.69, 9.17) is 0 Å². The highest BCUT2D eigenvalue weighted by atomic mass is 32.1. The molecule has 8 heteroatoms. The van der Waals surface area contributed by atoms with Crippen LogP contribution in [0.1, 0.15) is 32.4 Å². The number of aryl methyl sites for hydroxylation is 2. The topological polar surface area (TPSA) is 58.7 Å². The SMILES string of the molecule is Cc1nc(/C=C(\C#N)C(=O)c2cc(C)n(CC(F)(F)F)c2C)cs1. The van der Waals surface area contributed by atoms with Gasteiger partial charge in [0, 0.05) is 22.3 Å². The molecule has 0 fully saturated rings. The Bertz CT molecular complexity index is 853. The number of alkyl halides is 3. The third-order valence-electron chi connectivity index (χ3n) is 3.45. The minimum absolute atomic E-state index is 0.0940. The number of carbonyl (C=O) groups is 1. The lowest BCUT2D eigenvalue weighted by Crippen LogP contribution is -2.19. The Kier molecular flexibility index (Phi) is 4.94. The maximum Gasteiger partial charge on any atom is 0.406 e. The number of aromatic nitrogens is 2. The predicted octanol–water partition coefficient (Wildman–Crippen LogP) is 4.22. The van der Waals surface area contributed by atoms with Crippen molar-refractivity contribution in [2.45, 2.75) is 33.5 Å². The first kappa shape index (κ1) is 17.9. The quantitative estimate of drug-likeness (QED) is 0.470. The molecule has 0 saturated carbocycles. The fraction of sp³-hybridized carbons (Fsp3) is 0.312. The number of hydrogen-bond donors (Lipinski definition) is 0. The summed E-state index contributed by atoms with van der Waals surface area (Å²) in [6.45, 7) is 3.55. The van der Waals surface area contributed by atoms with Gasteiger partial charge in [-0.3, -0.25) is 4.79 Å². The fourth-order valence-electron chi connectivity index (χ4n) is 2.34. The Labute approximate surface area is 140 Å². The molecule has 4 nitrogen and oxygen atoms in total. The van der Waals surface area contributed by atoms with Gasteiger partial charge < -0.3 is 4.57 Å². The van der Waals surface area contributed by atoms with Gasteiger partial charge in [0.2, 0.25) is 5.78 Å². The third-order valence-corrected chi connectivity index (χ3v) is 4.24. The van der Waals surface area contributed by atoms with E-state index in [-0.39, 0.29) is 16.8 Å². The second-order valence-corrected chi connectivity index (χ2v) is 6.34. The van der Waals surface area contributed by atoms with Crippen LogP contribution in [0.25, 0.3) is 6.08 Å². The van der Waals surface area contributed by atoms with Crippen molar-refractivity contribution in [2.75, 3.05) is 0 Å². The van der Waals surface area contributed by atoms with Gasteiger partial charge in [-0.2, -0.15) is 18.4 Å². The maximum absolute atomic E-state index is 12.6. The summed E-state index contributed by atoms with van der Waals surface area (Å²) in [5.41, 5.74) is 0.913. The molecule has 0 saturated heterocycles. The van der Waals surface area contributed by atoms with Gasteiger partial charge in [-0.1, -0.05) is 0 Å². The van der Waals surface area contributed by atoms with Crippen LogP contribution >= 0.6 is 11.3 Å². The van der Waals surface area contributed by atoms with Crippen molar-refractivity contribution < 1.29 is 18.0 Å². The van der Waals surface area contributed by atoms with Crippen molar-refractivity contribution >= 4 is 23.2 Å².